The maximum absolute atomic E-state index is 11.3. The minimum Gasteiger partial charge on any atom is -0.381 e. The first kappa shape index (κ1) is 14.4. The molecule has 3 amide bonds. The summed E-state index contributed by atoms with van der Waals surface area (Å²) in [4.78, 5) is 34.8. The van der Waals surface area contributed by atoms with Crippen LogP contribution in [-0.2, 0) is 19.1 Å². The monoisotopic (exact) mass is 254 g/mol. The smallest absolute Gasteiger partial charge is 0.253 e. The molecule has 0 atom stereocenters. The molecule has 1 aliphatic heterocycles. The summed E-state index contributed by atoms with van der Waals surface area (Å²) in [5, 5.41) is 2.63. The van der Waals surface area contributed by atoms with E-state index in [9.17, 15) is 14.4 Å². The number of rotatable bonds is 8. The summed E-state index contributed by atoms with van der Waals surface area (Å²) >= 11 is 0. The second kappa shape index (κ2) is 7.60. The average Bonchev–Trinajstić information content (AvgIpc) is 2.66. The SMILES string of the molecule is CCCOCCC(=O)NCCN1C(=O)C=CC1=O. The molecule has 0 aliphatic carbocycles. The fourth-order valence-electron chi connectivity index (χ4n) is 1.46. The number of hydrogen-bond acceptors (Lipinski definition) is 4. The van der Waals surface area contributed by atoms with Gasteiger partial charge in [0.2, 0.25) is 5.91 Å². The molecule has 6 nitrogen and oxygen atoms in total. The Hall–Kier alpha value is -1.69. The summed E-state index contributed by atoms with van der Waals surface area (Å²) in [6, 6.07) is 0. The van der Waals surface area contributed by atoms with Crippen LogP contribution in [-0.4, -0.2) is 48.9 Å². The highest BCUT2D eigenvalue weighted by molar-refractivity contribution is 6.12. The van der Waals surface area contributed by atoms with Crippen LogP contribution in [0.1, 0.15) is 19.8 Å². The fraction of sp³-hybridized carbons (Fsp3) is 0.583. The zero-order valence-corrected chi connectivity index (χ0v) is 10.5. The number of nitrogens with one attached hydrogen (secondary N) is 1. The molecule has 0 radical (unpaired) electrons. The predicted octanol–water partition coefficient (Wildman–Crippen LogP) is -0.156. The zero-order chi connectivity index (χ0) is 13.4. The number of carbonyl (C=O) groups is 3. The van der Waals surface area contributed by atoms with Crippen LogP contribution in [0.15, 0.2) is 12.2 Å². The molecule has 1 rings (SSSR count). The van der Waals surface area contributed by atoms with Crippen molar-refractivity contribution in [3.05, 3.63) is 12.2 Å². The third-order valence-corrected chi connectivity index (χ3v) is 2.38. The van der Waals surface area contributed by atoms with Crippen LogP contribution in [0, 0.1) is 0 Å². The van der Waals surface area contributed by atoms with Crippen molar-refractivity contribution in [2.45, 2.75) is 19.8 Å². The third kappa shape index (κ3) is 4.67. The summed E-state index contributed by atoms with van der Waals surface area (Å²) in [6.45, 7) is 3.51. The summed E-state index contributed by atoms with van der Waals surface area (Å²) in [7, 11) is 0. The van der Waals surface area contributed by atoms with E-state index >= 15 is 0 Å². The molecule has 100 valence electrons. The van der Waals surface area contributed by atoms with E-state index in [1.165, 1.54) is 12.2 Å². The van der Waals surface area contributed by atoms with Crippen molar-refractivity contribution in [3.63, 3.8) is 0 Å². The maximum Gasteiger partial charge on any atom is 0.253 e. The molecule has 1 aliphatic rings. The van der Waals surface area contributed by atoms with Gasteiger partial charge in [-0.15, -0.1) is 0 Å². The topological polar surface area (TPSA) is 75.7 Å². The van der Waals surface area contributed by atoms with Crippen LogP contribution in [0.3, 0.4) is 0 Å². The van der Waals surface area contributed by atoms with E-state index in [1.54, 1.807) is 0 Å². The van der Waals surface area contributed by atoms with Crippen LogP contribution in [0.2, 0.25) is 0 Å². The Morgan fingerprint density at radius 3 is 2.56 bits per heavy atom. The van der Waals surface area contributed by atoms with Gasteiger partial charge >= 0.3 is 0 Å². The number of carbonyl (C=O) groups excluding carboxylic acids is 3. The summed E-state index contributed by atoms with van der Waals surface area (Å²) in [5.41, 5.74) is 0. The van der Waals surface area contributed by atoms with Gasteiger partial charge in [0.1, 0.15) is 0 Å². The van der Waals surface area contributed by atoms with Crippen molar-refractivity contribution in [3.8, 4) is 0 Å². The molecule has 0 spiro atoms. The van der Waals surface area contributed by atoms with Crippen molar-refractivity contribution in [1.29, 1.82) is 0 Å². The first-order valence-corrected chi connectivity index (χ1v) is 6.03. The molecule has 0 saturated heterocycles. The lowest BCUT2D eigenvalue weighted by molar-refractivity contribution is -0.137. The van der Waals surface area contributed by atoms with Gasteiger partial charge in [-0.2, -0.15) is 0 Å². The van der Waals surface area contributed by atoms with Crippen molar-refractivity contribution >= 4 is 17.7 Å². The molecule has 1 heterocycles. The number of nitrogens with zero attached hydrogens (tertiary/aromatic N) is 1. The molecule has 0 saturated carbocycles. The van der Waals surface area contributed by atoms with E-state index in [2.05, 4.69) is 5.32 Å². The average molecular weight is 254 g/mol. The molecule has 0 aromatic heterocycles. The van der Waals surface area contributed by atoms with E-state index < -0.39 is 0 Å². The zero-order valence-electron chi connectivity index (χ0n) is 10.5. The Bertz CT molecular complexity index is 334. The molecular formula is C12H18N2O4. The summed E-state index contributed by atoms with van der Waals surface area (Å²) in [5.74, 6) is -0.806. The van der Waals surface area contributed by atoms with Crippen LogP contribution >= 0.6 is 0 Å². The second-order valence-electron chi connectivity index (χ2n) is 3.87. The first-order valence-electron chi connectivity index (χ1n) is 6.03. The van der Waals surface area contributed by atoms with E-state index in [0.29, 0.717) is 19.6 Å². The van der Waals surface area contributed by atoms with Gasteiger partial charge in [-0.25, -0.2) is 0 Å². The Balaban J connectivity index is 2.09. The summed E-state index contributed by atoms with van der Waals surface area (Å²) in [6.07, 6.45) is 3.67. The number of hydrogen-bond donors (Lipinski definition) is 1. The highest BCUT2D eigenvalue weighted by Gasteiger charge is 2.22. The van der Waals surface area contributed by atoms with Gasteiger partial charge in [0.15, 0.2) is 0 Å². The van der Waals surface area contributed by atoms with Gasteiger partial charge in [0.25, 0.3) is 11.8 Å². The van der Waals surface area contributed by atoms with Crippen LogP contribution < -0.4 is 5.32 Å². The predicted molar refractivity (Wildman–Crippen MR) is 64.6 cm³/mol. The van der Waals surface area contributed by atoms with Crippen molar-refractivity contribution in [2.75, 3.05) is 26.3 Å². The molecule has 0 fully saturated rings. The van der Waals surface area contributed by atoms with Gasteiger partial charge < -0.3 is 10.1 Å². The lowest BCUT2D eigenvalue weighted by Gasteiger charge is -2.13. The Morgan fingerprint density at radius 2 is 1.94 bits per heavy atom. The molecule has 6 heteroatoms. The van der Waals surface area contributed by atoms with Crippen LogP contribution in [0.25, 0.3) is 0 Å². The molecular weight excluding hydrogens is 236 g/mol. The minimum atomic E-state index is -0.333. The molecule has 0 aromatic rings. The third-order valence-electron chi connectivity index (χ3n) is 2.38. The highest BCUT2D eigenvalue weighted by atomic mass is 16.5. The number of imide groups is 1. The second-order valence-corrected chi connectivity index (χ2v) is 3.87. The van der Waals surface area contributed by atoms with Crippen molar-refractivity contribution in [1.82, 2.24) is 10.2 Å². The Labute approximate surface area is 106 Å². The molecule has 1 N–H and O–H groups in total. The highest BCUT2D eigenvalue weighted by Crippen LogP contribution is 2.01. The molecule has 18 heavy (non-hydrogen) atoms. The van der Waals surface area contributed by atoms with Crippen LogP contribution in [0.4, 0.5) is 0 Å². The number of ether oxygens (including phenoxy) is 1. The lowest BCUT2D eigenvalue weighted by atomic mass is 10.4. The first-order chi connectivity index (χ1) is 8.65. The Kier molecular flexibility index (Phi) is 6.07. The van der Waals surface area contributed by atoms with Gasteiger partial charge in [-0.05, 0) is 6.42 Å². The standard InChI is InChI=1S/C12H18N2O4/c1-2-8-18-9-5-10(15)13-6-7-14-11(16)3-4-12(14)17/h3-4H,2,5-9H2,1H3,(H,13,15). The maximum atomic E-state index is 11.3. The Morgan fingerprint density at radius 1 is 1.28 bits per heavy atom. The fourth-order valence-corrected chi connectivity index (χ4v) is 1.46. The van der Waals surface area contributed by atoms with Gasteiger partial charge in [-0.3, -0.25) is 19.3 Å². The van der Waals surface area contributed by atoms with E-state index in [1.807, 2.05) is 6.92 Å². The quantitative estimate of drug-likeness (QED) is 0.482. The normalized spacial score (nSPS) is 14.4. The van der Waals surface area contributed by atoms with E-state index in [-0.39, 0.29) is 30.8 Å². The minimum absolute atomic E-state index is 0.141. The lowest BCUT2D eigenvalue weighted by Crippen LogP contribution is -2.38. The van der Waals surface area contributed by atoms with Gasteiger partial charge in [0, 0.05) is 38.3 Å². The van der Waals surface area contributed by atoms with Gasteiger partial charge in [0.05, 0.1) is 6.61 Å². The van der Waals surface area contributed by atoms with Crippen molar-refractivity contribution < 1.29 is 19.1 Å². The number of amides is 3. The van der Waals surface area contributed by atoms with Crippen LogP contribution in [0.5, 0.6) is 0 Å². The van der Waals surface area contributed by atoms with E-state index in [0.717, 1.165) is 11.3 Å². The molecule has 0 bridgehead atoms. The van der Waals surface area contributed by atoms with E-state index in [4.69, 9.17) is 4.74 Å². The molecule has 0 aromatic carbocycles. The van der Waals surface area contributed by atoms with Crippen molar-refractivity contribution in [2.24, 2.45) is 0 Å². The largest absolute Gasteiger partial charge is 0.381 e. The molecule has 0 unspecified atom stereocenters. The van der Waals surface area contributed by atoms with Gasteiger partial charge in [-0.1, -0.05) is 6.92 Å². The summed E-state index contributed by atoms with van der Waals surface area (Å²) < 4.78 is 5.18.